The van der Waals surface area contributed by atoms with Crippen LogP contribution < -0.4 is 10.9 Å². The van der Waals surface area contributed by atoms with Gasteiger partial charge >= 0.3 is 0 Å². The lowest BCUT2D eigenvalue weighted by Crippen LogP contribution is -2.23. The lowest BCUT2D eigenvalue weighted by atomic mass is 9.99. The zero-order valence-electron chi connectivity index (χ0n) is 15.0. The molecular weight excluding hydrogens is 423 g/mol. The van der Waals surface area contributed by atoms with Gasteiger partial charge in [0, 0.05) is 23.7 Å². The van der Waals surface area contributed by atoms with Crippen LogP contribution in [0.4, 0.5) is 0 Å². The van der Waals surface area contributed by atoms with Crippen molar-refractivity contribution >= 4 is 44.5 Å². The normalized spacial score (nSPS) is 17.6. The molecule has 1 saturated heterocycles. The van der Waals surface area contributed by atoms with E-state index in [1.807, 2.05) is 6.08 Å². The number of H-pyrrole nitrogens is 1. The van der Waals surface area contributed by atoms with Gasteiger partial charge in [0.15, 0.2) is 9.84 Å². The summed E-state index contributed by atoms with van der Waals surface area (Å²) in [5.74, 6) is -0.111. The number of nitrogens with one attached hydrogen (secondary N) is 2. The zero-order valence-corrected chi connectivity index (χ0v) is 17.3. The smallest absolute Gasteiger partial charge is 0.267 e. The molecule has 9 heteroatoms. The fourth-order valence-electron chi connectivity index (χ4n) is 2.99. The summed E-state index contributed by atoms with van der Waals surface area (Å²) < 4.78 is 24.3. The molecule has 2 heterocycles. The second kappa shape index (κ2) is 8.11. The molecule has 1 amide bonds. The van der Waals surface area contributed by atoms with Crippen LogP contribution in [0.2, 0.25) is 10.0 Å². The average molecular weight is 441 g/mol. The van der Waals surface area contributed by atoms with Crippen molar-refractivity contribution in [3.05, 3.63) is 68.1 Å². The van der Waals surface area contributed by atoms with Crippen molar-refractivity contribution in [1.82, 2.24) is 10.3 Å². The Morgan fingerprint density at radius 2 is 1.93 bits per heavy atom. The molecule has 0 bridgehead atoms. The SMILES string of the molecule is CCS(=O)(=O)c1ccc(/C(=C\[C@H]2CCC(=O)N2)c2ccc(Cl)c(=O)[nH]2)cc1Cl. The molecule has 2 aromatic rings. The van der Waals surface area contributed by atoms with Crippen molar-refractivity contribution < 1.29 is 13.2 Å². The van der Waals surface area contributed by atoms with Crippen molar-refractivity contribution in [3.8, 4) is 0 Å². The standard InChI is InChI=1S/C19H18Cl2N2O4S/c1-2-28(26,27)17-7-3-11(9-15(17)21)13(10-12-4-8-18(24)22-12)16-6-5-14(20)19(25)23-16/h3,5-7,9-10,12H,2,4,8H2,1H3,(H,22,24)(H,23,25)/b13-10+/t12-/m1/s1. The number of carbonyl (C=O) groups is 1. The zero-order chi connectivity index (χ0) is 20.5. The predicted molar refractivity (Wildman–Crippen MR) is 109 cm³/mol. The van der Waals surface area contributed by atoms with E-state index in [1.54, 1.807) is 25.1 Å². The molecular formula is C19H18Cl2N2O4S. The first-order valence-corrected chi connectivity index (χ1v) is 11.0. The highest BCUT2D eigenvalue weighted by molar-refractivity contribution is 7.91. The van der Waals surface area contributed by atoms with E-state index in [0.717, 1.165) is 0 Å². The number of aromatic amines is 1. The number of amides is 1. The molecule has 1 atom stereocenters. The average Bonchev–Trinajstić information content (AvgIpc) is 3.07. The van der Waals surface area contributed by atoms with Gasteiger partial charge < -0.3 is 10.3 Å². The van der Waals surface area contributed by atoms with Gasteiger partial charge in [-0.3, -0.25) is 9.59 Å². The number of sulfone groups is 1. The minimum atomic E-state index is -3.46. The number of halogens is 2. The second-order valence-electron chi connectivity index (χ2n) is 6.39. The van der Waals surface area contributed by atoms with Crippen LogP contribution in [0.1, 0.15) is 31.0 Å². The summed E-state index contributed by atoms with van der Waals surface area (Å²) in [6, 6.07) is 7.54. The molecule has 148 valence electrons. The summed E-state index contributed by atoms with van der Waals surface area (Å²) in [7, 11) is -3.46. The lowest BCUT2D eigenvalue weighted by Gasteiger charge is -2.14. The first-order chi connectivity index (χ1) is 13.2. The molecule has 0 aliphatic carbocycles. The van der Waals surface area contributed by atoms with Crippen LogP contribution in [0.25, 0.3) is 5.57 Å². The number of aromatic nitrogens is 1. The van der Waals surface area contributed by atoms with Crippen molar-refractivity contribution in [2.75, 3.05) is 5.75 Å². The molecule has 0 unspecified atom stereocenters. The van der Waals surface area contributed by atoms with Gasteiger partial charge in [0.05, 0.1) is 15.7 Å². The number of pyridine rings is 1. The molecule has 1 aromatic heterocycles. The fraction of sp³-hybridized carbons (Fsp3) is 0.263. The maximum absolute atomic E-state index is 12.2. The van der Waals surface area contributed by atoms with Crippen LogP contribution in [0.5, 0.6) is 0 Å². The monoisotopic (exact) mass is 440 g/mol. The summed E-state index contributed by atoms with van der Waals surface area (Å²) in [6.45, 7) is 1.55. The number of benzene rings is 1. The van der Waals surface area contributed by atoms with Crippen LogP contribution in [0, 0.1) is 0 Å². The molecule has 2 N–H and O–H groups in total. The summed E-state index contributed by atoms with van der Waals surface area (Å²) in [4.78, 5) is 26.3. The Morgan fingerprint density at radius 1 is 1.18 bits per heavy atom. The van der Waals surface area contributed by atoms with E-state index in [-0.39, 0.29) is 32.6 Å². The van der Waals surface area contributed by atoms with Crippen LogP contribution in [0.15, 0.2) is 46.1 Å². The minimum Gasteiger partial charge on any atom is -0.350 e. The van der Waals surface area contributed by atoms with Gasteiger partial charge in [-0.25, -0.2) is 8.42 Å². The summed E-state index contributed by atoms with van der Waals surface area (Å²) in [5.41, 5.74) is 1.26. The fourth-order valence-corrected chi connectivity index (χ4v) is 4.58. The third kappa shape index (κ3) is 4.32. The first kappa shape index (κ1) is 20.6. The highest BCUT2D eigenvalue weighted by Crippen LogP contribution is 2.30. The number of hydrogen-bond acceptors (Lipinski definition) is 4. The number of rotatable bonds is 5. The van der Waals surface area contributed by atoms with Gasteiger partial charge in [-0.05, 0) is 36.2 Å². The van der Waals surface area contributed by atoms with Gasteiger partial charge in [-0.2, -0.15) is 0 Å². The number of hydrogen-bond donors (Lipinski definition) is 2. The second-order valence-corrected chi connectivity index (χ2v) is 9.45. The lowest BCUT2D eigenvalue weighted by molar-refractivity contribution is -0.119. The molecule has 0 radical (unpaired) electrons. The Bertz CT molecular complexity index is 1120. The van der Waals surface area contributed by atoms with E-state index < -0.39 is 15.4 Å². The topological polar surface area (TPSA) is 96.1 Å². The van der Waals surface area contributed by atoms with E-state index in [2.05, 4.69) is 10.3 Å². The van der Waals surface area contributed by atoms with Crippen LogP contribution in [0.3, 0.4) is 0 Å². The van der Waals surface area contributed by atoms with Crippen molar-refractivity contribution in [1.29, 1.82) is 0 Å². The van der Waals surface area contributed by atoms with E-state index in [1.165, 1.54) is 12.1 Å². The van der Waals surface area contributed by atoms with Gasteiger partial charge in [0.1, 0.15) is 5.02 Å². The molecule has 1 aromatic carbocycles. The van der Waals surface area contributed by atoms with E-state index in [0.29, 0.717) is 29.7 Å². The molecule has 0 spiro atoms. The summed E-state index contributed by atoms with van der Waals surface area (Å²) in [6.07, 6.45) is 2.86. The Morgan fingerprint density at radius 3 is 2.50 bits per heavy atom. The first-order valence-electron chi connectivity index (χ1n) is 8.64. The van der Waals surface area contributed by atoms with Crippen molar-refractivity contribution in [3.63, 3.8) is 0 Å². The Balaban J connectivity index is 2.12. The van der Waals surface area contributed by atoms with Crippen LogP contribution >= 0.6 is 23.2 Å². The Hall–Kier alpha value is -2.09. The van der Waals surface area contributed by atoms with Gasteiger partial charge in [-0.15, -0.1) is 0 Å². The van der Waals surface area contributed by atoms with Gasteiger partial charge in [0.2, 0.25) is 5.91 Å². The van der Waals surface area contributed by atoms with Crippen molar-refractivity contribution in [2.24, 2.45) is 0 Å². The Kier molecular flexibility index (Phi) is 5.98. The van der Waals surface area contributed by atoms with Crippen LogP contribution in [-0.4, -0.2) is 31.1 Å². The maximum Gasteiger partial charge on any atom is 0.267 e. The molecule has 1 aliphatic rings. The van der Waals surface area contributed by atoms with Crippen molar-refractivity contribution in [2.45, 2.75) is 30.7 Å². The van der Waals surface area contributed by atoms with E-state index in [4.69, 9.17) is 23.2 Å². The molecule has 3 rings (SSSR count). The van der Waals surface area contributed by atoms with Crippen LogP contribution in [-0.2, 0) is 14.6 Å². The molecule has 1 fully saturated rings. The third-order valence-electron chi connectivity index (χ3n) is 4.51. The van der Waals surface area contributed by atoms with Gasteiger partial charge in [0.25, 0.3) is 5.56 Å². The van der Waals surface area contributed by atoms with E-state index >= 15 is 0 Å². The molecule has 6 nitrogen and oxygen atoms in total. The summed E-state index contributed by atoms with van der Waals surface area (Å²) in [5, 5.41) is 3.00. The number of carbonyl (C=O) groups excluding carboxylic acids is 1. The Labute approximate surface area is 172 Å². The molecule has 0 saturated carbocycles. The predicted octanol–water partition coefficient (Wildman–Crippen LogP) is 3.19. The summed E-state index contributed by atoms with van der Waals surface area (Å²) >= 11 is 12.1. The third-order valence-corrected chi connectivity index (χ3v) is 7.01. The largest absolute Gasteiger partial charge is 0.350 e. The highest BCUT2D eigenvalue weighted by atomic mass is 35.5. The quantitative estimate of drug-likeness (QED) is 0.745. The molecule has 1 aliphatic heterocycles. The minimum absolute atomic E-state index is 0.0485. The molecule has 28 heavy (non-hydrogen) atoms. The van der Waals surface area contributed by atoms with Gasteiger partial charge in [-0.1, -0.05) is 42.3 Å². The van der Waals surface area contributed by atoms with E-state index in [9.17, 15) is 18.0 Å². The maximum atomic E-state index is 12.2. The highest BCUT2D eigenvalue weighted by Gasteiger charge is 2.22.